The fourth-order valence-corrected chi connectivity index (χ4v) is 4.62. The molecular formula is C14H17N3O2S. The van der Waals surface area contributed by atoms with E-state index in [2.05, 4.69) is 4.98 Å². The van der Waals surface area contributed by atoms with Gasteiger partial charge in [-0.2, -0.15) is 4.31 Å². The number of anilines is 1. The number of benzene rings is 1. The van der Waals surface area contributed by atoms with Crippen molar-refractivity contribution < 1.29 is 8.42 Å². The van der Waals surface area contributed by atoms with Crippen molar-refractivity contribution in [3.8, 4) is 0 Å². The second kappa shape index (κ2) is 4.71. The molecule has 0 amide bonds. The van der Waals surface area contributed by atoms with Crippen LogP contribution in [0, 0.1) is 0 Å². The zero-order valence-electron chi connectivity index (χ0n) is 11.3. The van der Waals surface area contributed by atoms with Crippen LogP contribution >= 0.6 is 0 Å². The van der Waals surface area contributed by atoms with Gasteiger partial charge in [-0.15, -0.1) is 0 Å². The summed E-state index contributed by atoms with van der Waals surface area (Å²) in [4.78, 5) is 4.47. The minimum Gasteiger partial charge on any atom is -0.398 e. The summed E-state index contributed by atoms with van der Waals surface area (Å²) in [6, 6.07) is 6.79. The largest absolute Gasteiger partial charge is 0.398 e. The van der Waals surface area contributed by atoms with E-state index in [-0.39, 0.29) is 10.9 Å². The molecule has 20 heavy (non-hydrogen) atoms. The summed E-state index contributed by atoms with van der Waals surface area (Å²) in [6.07, 6.45) is 3.40. The Labute approximate surface area is 118 Å². The van der Waals surface area contributed by atoms with Gasteiger partial charge in [0, 0.05) is 29.9 Å². The summed E-state index contributed by atoms with van der Waals surface area (Å²) in [7, 11) is -3.52. The number of hydrogen-bond donors (Lipinski definition) is 1. The molecule has 0 aliphatic carbocycles. The van der Waals surface area contributed by atoms with Gasteiger partial charge in [-0.05, 0) is 44.0 Å². The predicted octanol–water partition coefficient (Wildman–Crippen LogP) is 1.99. The first kappa shape index (κ1) is 13.3. The van der Waals surface area contributed by atoms with E-state index in [4.69, 9.17) is 5.73 Å². The van der Waals surface area contributed by atoms with Gasteiger partial charge in [0.05, 0.1) is 5.52 Å². The topological polar surface area (TPSA) is 76.3 Å². The van der Waals surface area contributed by atoms with Crippen molar-refractivity contribution in [2.75, 3.05) is 12.3 Å². The lowest BCUT2D eigenvalue weighted by molar-refractivity contribution is 0.409. The molecule has 1 aromatic carbocycles. The summed E-state index contributed by atoms with van der Waals surface area (Å²) < 4.78 is 27.2. The monoisotopic (exact) mass is 291 g/mol. The van der Waals surface area contributed by atoms with Gasteiger partial charge in [-0.25, -0.2) is 8.42 Å². The van der Waals surface area contributed by atoms with Gasteiger partial charge in [0.1, 0.15) is 4.90 Å². The zero-order valence-corrected chi connectivity index (χ0v) is 12.1. The van der Waals surface area contributed by atoms with E-state index >= 15 is 0 Å². The Bertz CT molecular complexity index is 758. The van der Waals surface area contributed by atoms with E-state index in [1.807, 2.05) is 6.92 Å². The third-order valence-electron chi connectivity index (χ3n) is 3.85. The number of nitrogen functional groups attached to an aromatic ring is 1. The number of nitrogens with zero attached hydrogens (tertiary/aromatic N) is 2. The summed E-state index contributed by atoms with van der Waals surface area (Å²) in [5, 5.41) is 0.681. The Kier molecular flexibility index (Phi) is 3.14. The molecule has 3 rings (SSSR count). The van der Waals surface area contributed by atoms with Gasteiger partial charge in [0.25, 0.3) is 0 Å². The van der Waals surface area contributed by atoms with Crippen LogP contribution in [0.2, 0.25) is 0 Å². The molecule has 2 N–H and O–H groups in total. The molecule has 5 nitrogen and oxygen atoms in total. The first-order valence-corrected chi connectivity index (χ1v) is 8.11. The number of aromatic nitrogens is 1. The minimum absolute atomic E-state index is 0.0383. The van der Waals surface area contributed by atoms with Crippen molar-refractivity contribution in [3.05, 3.63) is 30.5 Å². The number of nitrogens with two attached hydrogens (primary N) is 1. The fourth-order valence-electron chi connectivity index (χ4n) is 2.77. The molecule has 1 aliphatic rings. The van der Waals surface area contributed by atoms with Crippen LogP contribution in [0.5, 0.6) is 0 Å². The van der Waals surface area contributed by atoms with Gasteiger partial charge in [0.2, 0.25) is 10.0 Å². The molecule has 0 bridgehead atoms. The summed E-state index contributed by atoms with van der Waals surface area (Å²) in [5.74, 6) is 0. The third-order valence-corrected chi connectivity index (χ3v) is 5.89. The van der Waals surface area contributed by atoms with Crippen LogP contribution in [0.3, 0.4) is 0 Å². The maximum Gasteiger partial charge on any atom is 0.245 e. The van der Waals surface area contributed by atoms with Crippen molar-refractivity contribution in [1.29, 1.82) is 0 Å². The van der Waals surface area contributed by atoms with Gasteiger partial charge in [0.15, 0.2) is 0 Å². The lowest BCUT2D eigenvalue weighted by atomic mass is 10.2. The Hall–Kier alpha value is -1.66. The number of sulfonamides is 1. The number of hydrogen-bond acceptors (Lipinski definition) is 4. The van der Waals surface area contributed by atoms with Crippen LogP contribution in [-0.2, 0) is 10.0 Å². The molecule has 1 fully saturated rings. The molecule has 1 aromatic heterocycles. The molecule has 2 heterocycles. The van der Waals surface area contributed by atoms with Crippen molar-refractivity contribution in [3.63, 3.8) is 0 Å². The van der Waals surface area contributed by atoms with E-state index in [0.717, 1.165) is 12.8 Å². The Morgan fingerprint density at radius 1 is 1.35 bits per heavy atom. The fraction of sp³-hybridized carbons (Fsp3) is 0.357. The summed E-state index contributed by atoms with van der Waals surface area (Å²) in [6.45, 7) is 2.51. The average Bonchev–Trinajstić information content (AvgIpc) is 2.86. The van der Waals surface area contributed by atoms with Crippen molar-refractivity contribution in [1.82, 2.24) is 9.29 Å². The molecular weight excluding hydrogens is 274 g/mol. The zero-order chi connectivity index (χ0) is 14.3. The van der Waals surface area contributed by atoms with Gasteiger partial charge < -0.3 is 5.73 Å². The average molecular weight is 291 g/mol. The van der Waals surface area contributed by atoms with E-state index in [9.17, 15) is 8.42 Å². The second-order valence-electron chi connectivity index (χ2n) is 5.16. The molecule has 1 atom stereocenters. The van der Waals surface area contributed by atoms with Crippen LogP contribution in [0.1, 0.15) is 19.8 Å². The Morgan fingerprint density at radius 3 is 2.85 bits per heavy atom. The highest BCUT2D eigenvalue weighted by Crippen LogP contribution is 2.31. The lowest BCUT2D eigenvalue weighted by Crippen LogP contribution is -2.33. The van der Waals surface area contributed by atoms with Crippen LogP contribution in [0.25, 0.3) is 10.9 Å². The van der Waals surface area contributed by atoms with Crippen LogP contribution in [-0.4, -0.2) is 30.3 Å². The number of rotatable bonds is 2. The molecule has 1 unspecified atom stereocenters. The van der Waals surface area contributed by atoms with E-state index in [1.165, 1.54) is 0 Å². The second-order valence-corrected chi connectivity index (χ2v) is 7.02. The maximum atomic E-state index is 12.8. The van der Waals surface area contributed by atoms with E-state index < -0.39 is 10.0 Å². The van der Waals surface area contributed by atoms with Crippen LogP contribution in [0.4, 0.5) is 5.69 Å². The quantitative estimate of drug-likeness (QED) is 0.858. The lowest BCUT2D eigenvalue weighted by Gasteiger charge is -2.21. The molecule has 106 valence electrons. The third kappa shape index (κ3) is 1.96. The van der Waals surface area contributed by atoms with Crippen LogP contribution < -0.4 is 5.73 Å². The molecule has 0 saturated carbocycles. The number of fused-ring (bicyclic) bond motifs is 1. The molecule has 0 radical (unpaired) electrons. The normalized spacial score (nSPS) is 20.6. The highest BCUT2D eigenvalue weighted by Gasteiger charge is 2.34. The number of pyridine rings is 1. The maximum absolute atomic E-state index is 12.8. The highest BCUT2D eigenvalue weighted by atomic mass is 32.2. The van der Waals surface area contributed by atoms with E-state index in [1.54, 1.807) is 34.8 Å². The first-order chi connectivity index (χ1) is 9.51. The Morgan fingerprint density at radius 2 is 2.15 bits per heavy atom. The van der Waals surface area contributed by atoms with Gasteiger partial charge in [-0.1, -0.05) is 0 Å². The van der Waals surface area contributed by atoms with Crippen molar-refractivity contribution >= 4 is 26.6 Å². The molecule has 0 spiro atoms. The molecule has 6 heteroatoms. The van der Waals surface area contributed by atoms with Crippen molar-refractivity contribution in [2.45, 2.75) is 30.7 Å². The summed E-state index contributed by atoms with van der Waals surface area (Å²) >= 11 is 0. The highest BCUT2D eigenvalue weighted by molar-refractivity contribution is 7.89. The predicted molar refractivity (Wildman–Crippen MR) is 78.7 cm³/mol. The SMILES string of the molecule is CC1CCCN1S(=O)(=O)c1ccc(N)c2cccnc12. The van der Waals surface area contributed by atoms with Gasteiger partial charge in [-0.3, -0.25) is 4.98 Å². The smallest absolute Gasteiger partial charge is 0.245 e. The van der Waals surface area contributed by atoms with E-state index in [0.29, 0.717) is 23.1 Å². The standard InChI is InChI=1S/C14H17N3O2S/c1-10-4-3-9-17(10)20(18,19)13-7-6-12(15)11-5-2-8-16-14(11)13/h2,5-8,10H,3-4,9,15H2,1H3. The Balaban J connectivity index is 2.22. The molecule has 1 aliphatic heterocycles. The van der Waals surface area contributed by atoms with Crippen molar-refractivity contribution in [2.24, 2.45) is 0 Å². The summed E-state index contributed by atoms with van der Waals surface area (Å²) in [5.41, 5.74) is 6.89. The van der Waals surface area contributed by atoms with Gasteiger partial charge >= 0.3 is 0 Å². The van der Waals surface area contributed by atoms with Crippen LogP contribution in [0.15, 0.2) is 35.4 Å². The first-order valence-electron chi connectivity index (χ1n) is 6.67. The molecule has 2 aromatic rings. The minimum atomic E-state index is -3.52. The molecule has 1 saturated heterocycles.